The van der Waals surface area contributed by atoms with Gasteiger partial charge in [0.2, 0.25) is 5.91 Å². The quantitative estimate of drug-likeness (QED) is 0.798. The molecule has 0 bridgehead atoms. The molecule has 0 spiro atoms. The first kappa shape index (κ1) is 15.4. The number of hydrogen-bond acceptors (Lipinski definition) is 5. The van der Waals surface area contributed by atoms with Gasteiger partial charge in [0, 0.05) is 6.07 Å². The van der Waals surface area contributed by atoms with Gasteiger partial charge in [-0.15, -0.1) is 0 Å². The van der Waals surface area contributed by atoms with Gasteiger partial charge in [-0.05, 0) is 18.1 Å². The molecule has 0 aliphatic carbocycles. The van der Waals surface area contributed by atoms with E-state index in [0.717, 1.165) is 15.9 Å². The number of hydrogen-bond donors (Lipinski definition) is 1. The molecule has 2 aromatic heterocycles. The number of amides is 1. The molecule has 0 fully saturated rings. The second-order valence-electron chi connectivity index (χ2n) is 5.47. The SMILES string of the molecule is CC(C)c1cc(=O)n(CC(=O)Nc2nc3ccccc3s2)cn1. The van der Waals surface area contributed by atoms with E-state index in [1.165, 1.54) is 28.3 Å². The van der Waals surface area contributed by atoms with Gasteiger partial charge in [-0.1, -0.05) is 37.3 Å². The number of carbonyl (C=O) groups excluding carboxylic acids is 1. The summed E-state index contributed by atoms with van der Waals surface area (Å²) in [6.07, 6.45) is 1.41. The summed E-state index contributed by atoms with van der Waals surface area (Å²) in [6, 6.07) is 9.13. The highest BCUT2D eigenvalue weighted by molar-refractivity contribution is 7.22. The van der Waals surface area contributed by atoms with Crippen molar-refractivity contribution in [2.24, 2.45) is 0 Å². The Morgan fingerprint density at radius 1 is 1.35 bits per heavy atom. The van der Waals surface area contributed by atoms with Crippen molar-refractivity contribution in [1.29, 1.82) is 0 Å². The highest BCUT2D eigenvalue weighted by atomic mass is 32.1. The van der Waals surface area contributed by atoms with E-state index >= 15 is 0 Å². The van der Waals surface area contributed by atoms with Crippen LogP contribution in [0.5, 0.6) is 0 Å². The van der Waals surface area contributed by atoms with Gasteiger partial charge in [0.1, 0.15) is 6.54 Å². The van der Waals surface area contributed by atoms with E-state index in [9.17, 15) is 9.59 Å². The maximum absolute atomic E-state index is 12.1. The Hall–Kier alpha value is -2.54. The van der Waals surface area contributed by atoms with Crippen LogP contribution in [0.25, 0.3) is 10.2 Å². The Bertz CT molecular complexity index is 881. The lowest BCUT2D eigenvalue weighted by molar-refractivity contribution is -0.116. The molecule has 0 aliphatic heterocycles. The zero-order chi connectivity index (χ0) is 16.4. The van der Waals surface area contributed by atoms with Crippen LogP contribution in [0.2, 0.25) is 0 Å². The number of rotatable bonds is 4. The number of nitrogens with one attached hydrogen (secondary N) is 1. The molecule has 1 N–H and O–H groups in total. The first-order valence-corrected chi connectivity index (χ1v) is 8.06. The number of thiazole rings is 1. The van der Waals surface area contributed by atoms with Crippen LogP contribution in [0.3, 0.4) is 0 Å². The minimum Gasteiger partial charge on any atom is -0.300 e. The van der Waals surface area contributed by atoms with Crippen LogP contribution in [0, 0.1) is 0 Å². The maximum atomic E-state index is 12.1. The minimum absolute atomic E-state index is 0.0832. The zero-order valence-electron chi connectivity index (χ0n) is 12.8. The fourth-order valence-corrected chi connectivity index (χ4v) is 3.00. The highest BCUT2D eigenvalue weighted by Gasteiger charge is 2.10. The van der Waals surface area contributed by atoms with Crippen molar-refractivity contribution in [2.75, 3.05) is 5.32 Å². The van der Waals surface area contributed by atoms with Crippen molar-refractivity contribution in [3.8, 4) is 0 Å². The van der Waals surface area contributed by atoms with E-state index in [2.05, 4.69) is 15.3 Å². The van der Waals surface area contributed by atoms with E-state index in [1.807, 2.05) is 38.1 Å². The van der Waals surface area contributed by atoms with Gasteiger partial charge in [0.15, 0.2) is 5.13 Å². The number of nitrogens with zero attached hydrogens (tertiary/aromatic N) is 3. The molecule has 1 amide bonds. The average molecular weight is 328 g/mol. The lowest BCUT2D eigenvalue weighted by atomic mass is 10.1. The second-order valence-corrected chi connectivity index (χ2v) is 6.50. The Kier molecular flexibility index (Phi) is 4.20. The number of aromatic nitrogens is 3. The summed E-state index contributed by atoms with van der Waals surface area (Å²) in [5, 5.41) is 3.25. The Balaban J connectivity index is 1.73. The monoisotopic (exact) mass is 328 g/mol. The van der Waals surface area contributed by atoms with E-state index < -0.39 is 0 Å². The summed E-state index contributed by atoms with van der Waals surface area (Å²) in [5.41, 5.74) is 1.33. The molecular weight excluding hydrogens is 312 g/mol. The van der Waals surface area contributed by atoms with Crippen molar-refractivity contribution in [2.45, 2.75) is 26.3 Å². The predicted molar refractivity (Wildman–Crippen MR) is 90.8 cm³/mol. The molecule has 2 heterocycles. The summed E-state index contributed by atoms with van der Waals surface area (Å²) >= 11 is 1.40. The van der Waals surface area contributed by atoms with Crippen molar-refractivity contribution in [1.82, 2.24) is 14.5 Å². The smallest absolute Gasteiger partial charge is 0.254 e. The molecule has 0 saturated heterocycles. The average Bonchev–Trinajstić information content (AvgIpc) is 2.91. The van der Waals surface area contributed by atoms with Crippen LogP contribution in [0.15, 0.2) is 41.5 Å². The molecular formula is C16H16N4O2S. The van der Waals surface area contributed by atoms with E-state index in [1.54, 1.807) is 0 Å². The van der Waals surface area contributed by atoms with Crippen molar-refractivity contribution < 1.29 is 4.79 Å². The third-order valence-electron chi connectivity index (χ3n) is 3.35. The van der Waals surface area contributed by atoms with E-state index in [4.69, 9.17) is 0 Å². The Morgan fingerprint density at radius 3 is 2.83 bits per heavy atom. The lowest BCUT2D eigenvalue weighted by Crippen LogP contribution is -2.28. The molecule has 23 heavy (non-hydrogen) atoms. The maximum Gasteiger partial charge on any atom is 0.254 e. The molecule has 6 nitrogen and oxygen atoms in total. The summed E-state index contributed by atoms with van der Waals surface area (Å²) in [6.45, 7) is 3.85. The third-order valence-corrected chi connectivity index (χ3v) is 4.30. The molecule has 0 radical (unpaired) electrons. The molecule has 1 aromatic carbocycles. The van der Waals surface area contributed by atoms with E-state index in [0.29, 0.717) is 5.13 Å². The molecule has 3 aromatic rings. The standard InChI is InChI=1S/C16H16N4O2S/c1-10(2)12-7-15(22)20(9-17-12)8-14(21)19-16-18-11-5-3-4-6-13(11)23-16/h3-7,9-10H,8H2,1-2H3,(H,18,19,21). The van der Waals surface area contributed by atoms with Crippen LogP contribution < -0.4 is 10.9 Å². The van der Waals surface area contributed by atoms with Crippen LogP contribution in [0.1, 0.15) is 25.5 Å². The molecule has 118 valence electrons. The normalized spacial score (nSPS) is 11.1. The van der Waals surface area contributed by atoms with E-state index in [-0.39, 0.29) is 23.9 Å². The molecule has 0 saturated carbocycles. The first-order chi connectivity index (χ1) is 11.0. The Labute approximate surface area is 136 Å². The number of para-hydroxylation sites is 1. The van der Waals surface area contributed by atoms with Gasteiger partial charge < -0.3 is 5.32 Å². The lowest BCUT2D eigenvalue weighted by Gasteiger charge is -2.07. The van der Waals surface area contributed by atoms with Crippen LogP contribution in [-0.4, -0.2) is 20.4 Å². The molecule has 0 atom stereocenters. The van der Waals surface area contributed by atoms with Gasteiger partial charge in [-0.3, -0.25) is 14.2 Å². The summed E-state index contributed by atoms with van der Waals surface area (Å²) in [7, 11) is 0. The van der Waals surface area contributed by atoms with Crippen molar-refractivity contribution in [3.05, 3.63) is 52.7 Å². The van der Waals surface area contributed by atoms with Gasteiger partial charge >= 0.3 is 0 Å². The third kappa shape index (κ3) is 3.45. The predicted octanol–water partition coefficient (Wildman–Crippen LogP) is 2.62. The van der Waals surface area contributed by atoms with Gasteiger partial charge in [-0.2, -0.15) is 0 Å². The molecule has 3 rings (SSSR count). The van der Waals surface area contributed by atoms with Crippen LogP contribution >= 0.6 is 11.3 Å². The molecule has 0 aliphatic rings. The summed E-state index contributed by atoms with van der Waals surface area (Å²) in [5.74, 6) is -0.126. The van der Waals surface area contributed by atoms with Crippen molar-refractivity contribution >= 4 is 32.6 Å². The topological polar surface area (TPSA) is 76.9 Å². The second kappa shape index (κ2) is 6.29. The number of benzene rings is 1. The fraction of sp³-hybridized carbons (Fsp3) is 0.250. The highest BCUT2D eigenvalue weighted by Crippen LogP contribution is 2.25. The van der Waals surface area contributed by atoms with Crippen LogP contribution in [0.4, 0.5) is 5.13 Å². The first-order valence-electron chi connectivity index (χ1n) is 7.25. The number of anilines is 1. The minimum atomic E-state index is -0.301. The summed E-state index contributed by atoms with van der Waals surface area (Å²) < 4.78 is 2.29. The van der Waals surface area contributed by atoms with Gasteiger partial charge in [0.25, 0.3) is 5.56 Å². The molecule has 7 heteroatoms. The zero-order valence-corrected chi connectivity index (χ0v) is 13.6. The number of fused-ring (bicyclic) bond motifs is 1. The largest absolute Gasteiger partial charge is 0.300 e. The van der Waals surface area contributed by atoms with Crippen molar-refractivity contribution in [3.63, 3.8) is 0 Å². The van der Waals surface area contributed by atoms with Crippen LogP contribution in [-0.2, 0) is 11.3 Å². The summed E-state index contributed by atoms with van der Waals surface area (Å²) in [4.78, 5) is 32.6. The Morgan fingerprint density at radius 2 is 2.13 bits per heavy atom. The van der Waals surface area contributed by atoms with Gasteiger partial charge in [-0.25, -0.2) is 9.97 Å². The fourth-order valence-electron chi connectivity index (χ4n) is 2.11. The van der Waals surface area contributed by atoms with Gasteiger partial charge in [0.05, 0.1) is 22.2 Å². The number of carbonyl (C=O) groups is 1. The molecule has 0 unspecified atom stereocenters.